The second-order valence-electron chi connectivity index (χ2n) is 8.88. The van der Waals surface area contributed by atoms with E-state index in [1.807, 2.05) is 0 Å². The Morgan fingerprint density at radius 3 is 2.21 bits per heavy atom. The molecular formula is C25H14F8N6O2S. The van der Waals surface area contributed by atoms with Gasteiger partial charge in [0, 0.05) is 17.1 Å². The minimum absolute atomic E-state index is 0.0774. The maximum Gasteiger partial charge on any atom is 0.459 e. The number of nitrogens with two attached hydrogens (primary N) is 1. The van der Waals surface area contributed by atoms with Gasteiger partial charge >= 0.3 is 18.3 Å². The summed E-state index contributed by atoms with van der Waals surface area (Å²) in [4.78, 5) is 32.3. The lowest BCUT2D eigenvalue weighted by Gasteiger charge is -2.20. The van der Waals surface area contributed by atoms with Crippen LogP contribution in [0.2, 0.25) is 0 Å². The van der Waals surface area contributed by atoms with Crippen LogP contribution in [0.5, 0.6) is 0 Å². The average Bonchev–Trinajstić information content (AvgIpc) is 3.49. The number of amides is 2. The van der Waals surface area contributed by atoms with E-state index < -0.39 is 57.7 Å². The van der Waals surface area contributed by atoms with Gasteiger partial charge in [0.15, 0.2) is 11.3 Å². The van der Waals surface area contributed by atoms with E-state index >= 15 is 0 Å². The molecule has 0 saturated heterocycles. The third-order valence-corrected chi connectivity index (χ3v) is 7.06. The van der Waals surface area contributed by atoms with Crippen molar-refractivity contribution in [1.29, 1.82) is 0 Å². The predicted octanol–water partition coefficient (Wildman–Crippen LogP) is 6.34. The number of rotatable bonds is 5. The van der Waals surface area contributed by atoms with Crippen LogP contribution in [0.4, 0.5) is 40.8 Å². The number of nitrogens with zero attached hydrogens (tertiary/aromatic N) is 4. The van der Waals surface area contributed by atoms with Crippen molar-refractivity contribution >= 4 is 44.7 Å². The summed E-state index contributed by atoms with van der Waals surface area (Å²) in [6.45, 7) is 1.16. The van der Waals surface area contributed by atoms with E-state index in [-0.39, 0.29) is 37.2 Å². The van der Waals surface area contributed by atoms with Crippen LogP contribution in [-0.2, 0) is 12.1 Å². The summed E-state index contributed by atoms with van der Waals surface area (Å²) in [7, 11) is 0. The number of halogens is 8. The molecule has 5 aromatic rings. The summed E-state index contributed by atoms with van der Waals surface area (Å²) in [5.74, 6) is -7.71. The van der Waals surface area contributed by atoms with E-state index in [1.165, 1.54) is 24.3 Å². The zero-order valence-corrected chi connectivity index (χ0v) is 21.5. The lowest BCUT2D eigenvalue weighted by atomic mass is 10.0. The van der Waals surface area contributed by atoms with E-state index in [0.29, 0.717) is 23.5 Å². The van der Waals surface area contributed by atoms with Crippen LogP contribution in [0.1, 0.15) is 37.2 Å². The van der Waals surface area contributed by atoms with Crippen molar-refractivity contribution in [2.45, 2.75) is 25.2 Å². The number of hydrogen-bond donors (Lipinski definition) is 2. The van der Waals surface area contributed by atoms with E-state index in [9.17, 15) is 44.7 Å². The SMILES string of the molecule is Cc1cc(C(F)(F)C(F)(F)F)n2nc(C(=O)Nc3c(C(N)=O)sc4nc(C(F)(F)F)cc(-c5ccccc5)c34)cc2n1. The monoisotopic (exact) mass is 614 g/mol. The highest BCUT2D eigenvalue weighted by molar-refractivity contribution is 7.21. The fraction of sp³-hybridized carbons (Fsp3) is 0.160. The third kappa shape index (κ3) is 4.88. The molecule has 5 rings (SSSR count). The first kappa shape index (κ1) is 28.8. The number of aromatic nitrogens is 4. The molecule has 3 N–H and O–H groups in total. The first-order chi connectivity index (χ1) is 19.5. The van der Waals surface area contributed by atoms with Crippen LogP contribution >= 0.6 is 11.3 Å². The second kappa shape index (κ2) is 9.71. The Bertz CT molecular complexity index is 1880. The highest BCUT2D eigenvalue weighted by Crippen LogP contribution is 2.45. The van der Waals surface area contributed by atoms with Crippen LogP contribution in [-0.4, -0.2) is 37.6 Å². The van der Waals surface area contributed by atoms with Crippen molar-refractivity contribution in [2.75, 3.05) is 5.32 Å². The van der Waals surface area contributed by atoms with Gasteiger partial charge in [0.1, 0.15) is 21.1 Å². The fourth-order valence-electron chi connectivity index (χ4n) is 4.14. The van der Waals surface area contributed by atoms with Crippen molar-refractivity contribution in [2.24, 2.45) is 5.73 Å². The normalized spacial score (nSPS) is 12.7. The van der Waals surface area contributed by atoms with Crippen molar-refractivity contribution in [1.82, 2.24) is 19.6 Å². The molecule has 218 valence electrons. The molecule has 0 fully saturated rings. The summed E-state index contributed by atoms with van der Waals surface area (Å²) >= 11 is 0.461. The van der Waals surface area contributed by atoms with E-state index in [2.05, 4.69) is 20.4 Å². The summed E-state index contributed by atoms with van der Waals surface area (Å²) in [6.07, 6.45) is -10.9. The summed E-state index contributed by atoms with van der Waals surface area (Å²) in [5, 5.41) is 5.79. The molecule has 0 aliphatic heterocycles. The molecule has 0 radical (unpaired) electrons. The van der Waals surface area contributed by atoms with E-state index in [0.717, 1.165) is 13.0 Å². The standard InChI is InChI=1S/C25H14F8N6O2S/c1-10-7-15(23(26,27)25(31,32)33)39-16(35-10)9-13(38-39)21(41)37-18-17-12(11-5-3-2-4-6-11)8-14(24(28,29)30)36-22(17)42-19(18)20(34)40/h2-9H,1H3,(H2,34,40)(H,37,41). The predicted molar refractivity (Wildman–Crippen MR) is 134 cm³/mol. The van der Waals surface area contributed by atoms with Crippen LogP contribution in [0.25, 0.3) is 27.0 Å². The number of hydrogen-bond acceptors (Lipinski definition) is 6. The maximum atomic E-state index is 14.3. The number of fused-ring (bicyclic) bond motifs is 2. The van der Waals surface area contributed by atoms with Gasteiger partial charge in [-0.2, -0.15) is 40.2 Å². The van der Waals surface area contributed by atoms with Crippen LogP contribution in [0.3, 0.4) is 0 Å². The van der Waals surface area contributed by atoms with Gasteiger partial charge in [-0.1, -0.05) is 30.3 Å². The number of thiophene rings is 1. The van der Waals surface area contributed by atoms with Crippen molar-refractivity contribution in [3.8, 4) is 11.1 Å². The topological polar surface area (TPSA) is 115 Å². The molecule has 0 aliphatic rings. The minimum Gasteiger partial charge on any atom is -0.365 e. The van der Waals surface area contributed by atoms with Gasteiger partial charge in [-0.3, -0.25) is 9.59 Å². The Kier molecular flexibility index (Phi) is 6.67. The molecule has 0 aliphatic carbocycles. The number of nitrogens with one attached hydrogen (secondary N) is 1. The number of aryl methyl sites for hydroxylation is 1. The smallest absolute Gasteiger partial charge is 0.365 e. The van der Waals surface area contributed by atoms with Crippen molar-refractivity contribution in [3.05, 3.63) is 76.2 Å². The van der Waals surface area contributed by atoms with Crippen LogP contribution in [0.15, 0.2) is 48.5 Å². The molecule has 0 spiro atoms. The molecule has 0 unspecified atom stereocenters. The van der Waals surface area contributed by atoms with Crippen molar-refractivity contribution < 1.29 is 44.7 Å². The Labute approximate surface area is 232 Å². The number of pyridine rings is 1. The van der Waals surface area contributed by atoms with Gasteiger partial charge in [0.2, 0.25) is 0 Å². The summed E-state index contributed by atoms with van der Waals surface area (Å²) < 4.78 is 109. The molecule has 4 heterocycles. The molecule has 2 amide bonds. The molecule has 0 bridgehead atoms. The lowest BCUT2D eigenvalue weighted by Crippen LogP contribution is -2.36. The van der Waals surface area contributed by atoms with Gasteiger partial charge < -0.3 is 11.1 Å². The quantitative estimate of drug-likeness (QED) is 0.224. The Morgan fingerprint density at radius 2 is 1.62 bits per heavy atom. The molecule has 42 heavy (non-hydrogen) atoms. The van der Waals surface area contributed by atoms with Crippen LogP contribution in [0, 0.1) is 6.92 Å². The largest absolute Gasteiger partial charge is 0.459 e. The number of anilines is 1. The second-order valence-corrected chi connectivity index (χ2v) is 9.88. The molecule has 1 aromatic carbocycles. The number of carbonyl (C=O) groups is 2. The molecular weight excluding hydrogens is 600 g/mol. The van der Waals surface area contributed by atoms with Gasteiger partial charge in [0.05, 0.1) is 5.69 Å². The first-order valence-corrected chi connectivity index (χ1v) is 12.3. The van der Waals surface area contributed by atoms with Crippen LogP contribution < -0.4 is 11.1 Å². The highest BCUT2D eigenvalue weighted by atomic mass is 32.1. The van der Waals surface area contributed by atoms with Crippen molar-refractivity contribution in [3.63, 3.8) is 0 Å². The van der Waals surface area contributed by atoms with E-state index in [4.69, 9.17) is 5.73 Å². The Balaban J connectivity index is 1.69. The fourth-order valence-corrected chi connectivity index (χ4v) is 5.15. The summed E-state index contributed by atoms with van der Waals surface area (Å²) in [6, 6.07) is 9.63. The lowest BCUT2D eigenvalue weighted by molar-refractivity contribution is -0.291. The van der Waals surface area contributed by atoms with Gasteiger partial charge in [-0.05, 0) is 30.2 Å². The van der Waals surface area contributed by atoms with Gasteiger partial charge in [0.25, 0.3) is 11.8 Å². The molecule has 0 atom stereocenters. The molecule has 0 saturated carbocycles. The number of alkyl halides is 8. The average molecular weight is 614 g/mol. The minimum atomic E-state index is -6.00. The van der Waals surface area contributed by atoms with Gasteiger partial charge in [-0.15, -0.1) is 11.3 Å². The third-order valence-electron chi connectivity index (χ3n) is 5.97. The Hall–Kier alpha value is -4.67. The highest BCUT2D eigenvalue weighted by Gasteiger charge is 2.60. The van der Waals surface area contributed by atoms with E-state index in [1.54, 1.807) is 6.07 Å². The maximum absolute atomic E-state index is 14.3. The number of carbonyl (C=O) groups excluding carboxylic acids is 2. The number of benzene rings is 1. The number of primary amides is 1. The summed E-state index contributed by atoms with van der Waals surface area (Å²) in [5.41, 5.74) is 0.931. The zero-order valence-electron chi connectivity index (χ0n) is 20.7. The Morgan fingerprint density at radius 1 is 0.952 bits per heavy atom. The zero-order chi connectivity index (χ0) is 30.8. The molecule has 4 aromatic heterocycles. The van der Waals surface area contributed by atoms with Gasteiger partial charge in [-0.25, -0.2) is 14.5 Å². The molecule has 17 heteroatoms. The molecule has 8 nitrogen and oxygen atoms in total. The first-order valence-electron chi connectivity index (χ1n) is 11.5.